The van der Waals surface area contributed by atoms with Crippen molar-refractivity contribution < 1.29 is 23.9 Å². The molecule has 0 radical (unpaired) electrons. The lowest BCUT2D eigenvalue weighted by molar-refractivity contribution is -0.134. The van der Waals surface area contributed by atoms with E-state index >= 15 is 0 Å². The molecule has 2 heterocycles. The number of hydrogen-bond acceptors (Lipinski definition) is 6. The molecule has 0 N–H and O–H groups in total. The number of thioether (sulfide) groups is 1. The molecule has 150 valence electrons. The Hall–Kier alpha value is -2.36. The van der Waals surface area contributed by atoms with E-state index in [1.54, 1.807) is 18.2 Å². The summed E-state index contributed by atoms with van der Waals surface area (Å²) in [4.78, 5) is 40.1. The minimum atomic E-state index is -0.897. The van der Waals surface area contributed by atoms with Gasteiger partial charge in [-0.1, -0.05) is 36.4 Å². The maximum atomic E-state index is 12.7. The first-order valence-corrected chi connectivity index (χ1v) is 10.6. The molecule has 0 bridgehead atoms. The molecule has 4 rings (SSSR count). The Balaban J connectivity index is 1.32. The SMILES string of the molecule is O=C1c2c(Br)cccc2OCN1CCOC1SC(=O)N(Cc2ccccc2)C1=O. The van der Waals surface area contributed by atoms with Gasteiger partial charge >= 0.3 is 0 Å². The zero-order valence-electron chi connectivity index (χ0n) is 15.2. The number of fused-ring (bicyclic) bond motifs is 1. The van der Waals surface area contributed by atoms with Crippen LogP contribution in [-0.4, -0.2) is 52.2 Å². The average molecular weight is 477 g/mol. The second kappa shape index (κ2) is 8.56. The van der Waals surface area contributed by atoms with E-state index < -0.39 is 5.44 Å². The molecule has 1 unspecified atom stereocenters. The number of carbonyl (C=O) groups excluding carboxylic acids is 3. The summed E-state index contributed by atoms with van der Waals surface area (Å²) in [5, 5.41) is -0.334. The van der Waals surface area contributed by atoms with Gasteiger partial charge in [0.25, 0.3) is 17.1 Å². The first-order valence-electron chi connectivity index (χ1n) is 8.92. The first kappa shape index (κ1) is 19.9. The maximum absolute atomic E-state index is 12.7. The molecule has 1 fully saturated rings. The Morgan fingerprint density at radius 3 is 2.69 bits per heavy atom. The van der Waals surface area contributed by atoms with Gasteiger partial charge in [0, 0.05) is 11.0 Å². The van der Waals surface area contributed by atoms with Gasteiger partial charge in [-0.15, -0.1) is 0 Å². The van der Waals surface area contributed by atoms with Crippen molar-refractivity contribution in [1.29, 1.82) is 0 Å². The monoisotopic (exact) mass is 476 g/mol. The fourth-order valence-corrected chi connectivity index (χ4v) is 4.44. The lowest BCUT2D eigenvalue weighted by Gasteiger charge is -2.29. The van der Waals surface area contributed by atoms with Crippen LogP contribution in [0.25, 0.3) is 0 Å². The number of halogens is 1. The number of nitrogens with zero attached hydrogens (tertiary/aromatic N) is 2. The highest BCUT2D eigenvalue weighted by atomic mass is 79.9. The van der Waals surface area contributed by atoms with Crippen molar-refractivity contribution in [1.82, 2.24) is 9.80 Å². The number of ether oxygens (including phenoxy) is 2. The van der Waals surface area contributed by atoms with Crippen LogP contribution in [0.1, 0.15) is 15.9 Å². The quantitative estimate of drug-likeness (QED) is 0.635. The van der Waals surface area contributed by atoms with Crippen molar-refractivity contribution in [2.24, 2.45) is 0 Å². The number of rotatable bonds is 6. The number of benzene rings is 2. The molecule has 2 aromatic rings. The molecular formula is C20H17BrN2O5S. The van der Waals surface area contributed by atoms with E-state index in [-0.39, 0.29) is 43.5 Å². The Morgan fingerprint density at radius 1 is 1.10 bits per heavy atom. The molecule has 2 aliphatic heterocycles. The Morgan fingerprint density at radius 2 is 1.90 bits per heavy atom. The third-order valence-corrected chi connectivity index (χ3v) is 6.20. The van der Waals surface area contributed by atoms with Gasteiger partial charge in [-0.05, 0) is 45.4 Å². The fraction of sp³-hybridized carbons (Fsp3) is 0.250. The van der Waals surface area contributed by atoms with Crippen molar-refractivity contribution >= 4 is 44.7 Å². The van der Waals surface area contributed by atoms with Gasteiger partial charge in [0.2, 0.25) is 0 Å². The lowest BCUT2D eigenvalue weighted by atomic mass is 10.1. The average Bonchev–Trinajstić information content (AvgIpc) is 2.98. The molecule has 2 aliphatic rings. The highest BCUT2D eigenvalue weighted by molar-refractivity contribution is 9.10. The van der Waals surface area contributed by atoms with Crippen LogP contribution in [0, 0.1) is 0 Å². The van der Waals surface area contributed by atoms with E-state index in [0.717, 1.165) is 17.3 Å². The van der Waals surface area contributed by atoms with E-state index in [2.05, 4.69) is 15.9 Å². The molecule has 3 amide bonds. The number of carbonyl (C=O) groups is 3. The normalized spacial score (nSPS) is 18.8. The summed E-state index contributed by atoms with van der Waals surface area (Å²) in [6, 6.07) is 14.6. The Bertz CT molecular complexity index is 955. The molecule has 0 aromatic heterocycles. The van der Waals surface area contributed by atoms with Crippen molar-refractivity contribution in [3.05, 3.63) is 64.1 Å². The van der Waals surface area contributed by atoms with Gasteiger partial charge in [0.1, 0.15) is 5.75 Å². The smallest absolute Gasteiger partial charge is 0.291 e. The highest BCUT2D eigenvalue weighted by Gasteiger charge is 2.40. The number of hydrogen-bond donors (Lipinski definition) is 0. The van der Waals surface area contributed by atoms with Gasteiger partial charge in [0.05, 0.1) is 18.7 Å². The summed E-state index contributed by atoms with van der Waals surface area (Å²) in [5.41, 5.74) is 0.441. The largest absolute Gasteiger partial charge is 0.472 e. The summed E-state index contributed by atoms with van der Waals surface area (Å²) >= 11 is 4.22. The van der Waals surface area contributed by atoms with E-state index in [9.17, 15) is 14.4 Å². The molecule has 29 heavy (non-hydrogen) atoms. The highest BCUT2D eigenvalue weighted by Crippen LogP contribution is 2.32. The minimum Gasteiger partial charge on any atom is -0.472 e. The summed E-state index contributed by atoms with van der Waals surface area (Å²) in [5.74, 6) is -0.0158. The van der Waals surface area contributed by atoms with Crippen molar-refractivity contribution in [2.45, 2.75) is 12.0 Å². The second-order valence-electron chi connectivity index (χ2n) is 6.45. The van der Waals surface area contributed by atoms with Crippen LogP contribution in [0.15, 0.2) is 53.0 Å². The molecular weight excluding hydrogens is 460 g/mol. The van der Waals surface area contributed by atoms with E-state index in [0.29, 0.717) is 15.8 Å². The van der Waals surface area contributed by atoms with E-state index in [1.165, 1.54) is 9.80 Å². The topological polar surface area (TPSA) is 76.2 Å². The van der Waals surface area contributed by atoms with Crippen LogP contribution in [0.2, 0.25) is 0 Å². The van der Waals surface area contributed by atoms with Gasteiger partial charge in [0.15, 0.2) is 12.2 Å². The number of imide groups is 1. The van der Waals surface area contributed by atoms with Gasteiger partial charge in [-0.25, -0.2) is 0 Å². The standard InChI is InChI=1S/C20H17BrN2O5S/c21-14-7-4-8-15-16(14)17(24)22(12-28-15)9-10-27-19-18(25)23(20(26)29-19)11-13-5-2-1-3-6-13/h1-8,19H,9-12H2. The summed E-state index contributed by atoms with van der Waals surface area (Å²) < 4.78 is 11.9. The van der Waals surface area contributed by atoms with E-state index in [1.807, 2.05) is 30.3 Å². The summed E-state index contributed by atoms with van der Waals surface area (Å²) in [7, 11) is 0. The zero-order valence-corrected chi connectivity index (χ0v) is 17.6. The van der Waals surface area contributed by atoms with Crippen LogP contribution < -0.4 is 4.74 Å². The molecule has 7 nitrogen and oxygen atoms in total. The molecule has 2 aromatic carbocycles. The summed E-state index contributed by atoms with van der Waals surface area (Å²) in [6.07, 6.45) is 0. The third kappa shape index (κ3) is 4.17. The van der Waals surface area contributed by atoms with Crippen molar-refractivity contribution in [3.8, 4) is 5.75 Å². The molecule has 9 heteroatoms. The maximum Gasteiger partial charge on any atom is 0.291 e. The molecule has 1 atom stereocenters. The predicted molar refractivity (Wildman–Crippen MR) is 110 cm³/mol. The van der Waals surface area contributed by atoms with Crippen LogP contribution in [0.3, 0.4) is 0 Å². The van der Waals surface area contributed by atoms with Crippen molar-refractivity contribution in [2.75, 3.05) is 19.9 Å². The van der Waals surface area contributed by atoms with E-state index in [4.69, 9.17) is 9.47 Å². The fourth-order valence-electron chi connectivity index (χ4n) is 3.07. The van der Waals surface area contributed by atoms with Crippen LogP contribution in [0.4, 0.5) is 4.79 Å². The zero-order chi connectivity index (χ0) is 20.4. The van der Waals surface area contributed by atoms with Crippen LogP contribution in [-0.2, 0) is 16.1 Å². The molecule has 0 spiro atoms. The third-order valence-electron chi connectivity index (χ3n) is 4.56. The van der Waals surface area contributed by atoms with Gasteiger partial charge in [-0.3, -0.25) is 19.3 Å². The van der Waals surface area contributed by atoms with Crippen LogP contribution >= 0.6 is 27.7 Å². The van der Waals surface area contributed by atoms with Gasteiger partial charge in [-0.2, -0.15) is 0 Å². The first-order chi connectivity index (χ1) is 14.0. The lowest BCUT2D eigenvalue weighted by Crippen LogP contribution is -2.41. The van der Waals surface area contributed by atoms with Gasteiger partial charge < -0.3 is 14.4 Å². The molecule has 1 saturated heterocycles. The molecule has 0 saturated carbocycles. The van der Waals surface area contributed by atoms with Crippen molar-refractivity contribution in [3.63, 3.8) is 0 Å². The Kier molecular flexibility index (Phi) is 5.89. The second-order valence-corrected chi connectivity index (χ2v) is 8.32. The number of amides is 3. The minimum absolute atomic E-state index is 0.108. The predicted octanol–water partition coefficient (Wildman–Crippen LogP) is 3.48. The van der Waals surface area contributed by atoms with Crippen LogP contribution in [0.5, 0.6) is 5.75 Å². The summed E-state index contributed by atoms with van der Waals surface area (Å²) in [6.45, 7) is 0.687. The molecule has 0 aliphatic carbocycles. The Labute approximate surface area is 180 Å².